The van der Waals surface area contributed by atoms with Crippen LogP contribution in [-0.2, 0) is 25.5 Å². The van der Waals surface area contributed by atoms with E-state index < -0.39 is 5.60 Å². The van der Waals surface area contributed by atoms with Crippen molar-refractivity contribution >= 4 is 24.2 Å². The average molecular weight is 373 g/mol. The van der Waals surface area contributed by atoms with E-state index in [2.05, 4.69) is 9.97 Å². The molecule has 0 aliphatic carbocycles. The number of carbonyl (C=O) groups excluding carboxylic acids is 2. The van der Waals surface area contributed by atoms with Gasteiger partial charge in [-0.15, -0.1) is 0 Å². The largest absolute Gasteiger partial charge is 0.461 e. The van der Waals surface area contributed by atoms with Crippen LogP contribution >= 0.6 is 12.2 Å². The smallest absolute Gasteiger partial charge is 0.365 e. The number of hydrogen-bond acceptors (Lipinski definition) is 5. The van der Waals surface area contributed by atoms with Crippen molar-refractivity contribution in [2.75, 3.05) is 27.7 Å². The number of quaternary nitrogens is 1. The maximum Gasteiger partial charge on any atom is 0.365 e. The number of esters is 2. The van der Waals surface area contributed by atoms with E-state index in [1.165, 1.54) is 0 Å². The van der Waals surface area contributed by atoms with Crippen LogP contribution < -0.4 is 0 Å². The molecule has 0 aliphatic heterocycles. The van der Waals surface area contributed by atoms with E-state index in [0.717, 1.165) is 5.69 Å². The third-order valence-corrected chi connectivity index (χ3v) is 3.68. The molecule has 25 heavy (non-hydrogen) atoms. The quantitative estimate of drug-likeness (QED) is 0.317. The molecule has 142 valence electrons. The molecule has 0 radical (unpaired) electrons. The first-order valence-corrected chi connectivity index (χ1v) is 8.75. The molecule has 1 unspecified atom stereocenters. The van der Waals surface area contributed by atoms with E-state index in [4.69, 9.17) is 21.7 Å². The number of likely N-dealkylation sites (N-methyl/N-ethyl adjacent to an activating group) is 1. The lowest BCUT2D eigenvalue weighted by Crippen LogP contribution is -2.51. The van der Waals surface area contributed by atoms with Crippen LogP contribution in [0.5, 0.6) is 0 Å². The van der Waals surface area contributed by atoms with E-state index in [9.17, 15) is 9.59 Å². The molecule has 0 aromatic carbocycles. The van der Waals surface area contributed by atoms with Crippen LogP contribution in [0.15, 0.2) is 6.20 Å². The molecule has 1 aromatic heterocycles. The highest BCUT2D eigenvalue weighted by atomic mass is 32.1. The molecular weight excluding hydrogens is 342 g/mol. The van der Waals surface area contributed by atoms with E-state index >= 15 is 0 Å². The highest BCUT2D eigenvalue weighted by Gasteiger charge is 2.33. The van der Waals surface area contributed by atoms with Gasteiger partial charge in [0, 0.05) is 18.3 Å². The van der Waals surface area contributed by atoms with Gasteiger partial charge in [0.25, 0.3) is 0 Å². The highest BCUT2D eigenvalue weighted by Crippen LogP contribution is 2.13. The van der Waals surface area contributed by atoms with Crippen molar-refractivity contribution in [3.05, 3.63) is 16.7 Å². The van der Waals surface area contributed by atoms with Gasteiger partial charge in [0.05, 0.1) is 34.2 Å². The molecule has 0 saturated carbocycles. The van der Waals surface area contributed by atoms with Gasteiger partial charge < -0.3 is 23.9 Å². The minimum Gasteiger partial charge on any atom is -0.461 e. The van der Waals surface area contributed by atoms with Gasteiger partial charge in [0.2, 0.25) is 0 Å². The zero-order valence-electron chi connectivity index (χ0n) is 16.0. The summed E-state index contributed by atoms with van der Waals surface area (Å²) in [7, 11) is 5.82. The number of nitrogens with zero attached hydrogens (tertiary/aromatic N) is 1. The summed E-state index contributed by atoms with van der Waals surface area (Å²) in [6.45, 7) is 5.66. The zero-order chi connectivity index (χ0) is 19.3. The molecule has 1 atom stereocenters. The summed E-state index contributed by atoms with van der Waals surface area (Å²) in [5, 5.41) is 0. The van der Waals surface area contributed by atoms with E-state index in [1.807, 2.05) is 41.9 Å². The summed E-state index contributed by atoms with van der Waals surface area (Å²) in [4.78, 5) is 30.0. The van der Waals surface area contributed by atoms with Gasteiger partial charge in [-0.05, 0) is 39.4 Å². The van der Waals surface area contributed by atoms with Gasteiger partial charge in [0.15, 0.2) is 10.8 Å². The summed E-state index contributed by atoms with van der Waals surface area (Å²) in [5.41, 5.74) is 0.355. The van der Waals surface area contributed by atoms with Crippen LogP contribution in [0.2, 0.25) is 0 Å². The van der Waals surface area contributed by atoms with Crippen molar-refractivity contribution in [1.82, 2.24) is 9.97 Å². The molecule has 0 amide bonds. The Morgan fingerprint density at radius 3 is 2.40 bits per heavy atom. The first-order chi connectivity index (χ1) is 11.4. The second-order valence-electron chi connectivity index (χ2n) is 7.96. The van der Waals surface area contributed by atoms with Gasteiger partial charge in [-0.25, -0.2) is 4.79 Å². The Hall–Kier alpha value is -1.67. The Kier molecular flexibility index (Phi) is 7.37. The van der Waals surface area contributed by atoms with Crippen LogP contribution in [0.1, 0.15) is 39.3 Å². The number of aromatic amines is 2. The molecule has 1 heterocycles. The van der Waals surface area contributed by atoms with E-state index in [1.54, 1.807) is 6.20 Å². The van der Waals surface area contributed by atoms with Gasteiger partial charge in [-0.1, -0.05) is 0 Å². The van der Waals surface area contributed by atoms with Crippen molar-refractivity contribution in [3.63, 3.8) is 0 Å². The van der Waals surface area contributed by atoms with Gasteiger partial charge >= 0.3 is 11.9 Å². The Balaban J connectivity index is 2.51. The molecule has 2 N–H and O–H groups in total. The fourth-order valence-electron chi connectivity index (χ4n) is 2.24. The minimum atomic E-state index is -0.501. The van der Waals surface area contributed by atoms with Crippen LogP contribution in [0.25, 0.3) is 0 Å². The summed E-state index contributed by atoms with van der Waals surface area (Å²) < 4.78 is 11.6. The number of hydrogen-bond donors (Lipinski definition) is 2. The van der Waals surface area contributed by atoms with E-state index in [0.29, 0.717) is 22.1 Å². The van der Waals surface area contributed by atoms with Crippen molar-refractivity contribution < 1.29 is 23.5 Å². The molecule has 0 bridgehead atoms. The summed E-state index contributed by atoms with van der Waals surface area (Å²) in [6, 6.07) is -0.372. The van der Waals surface area contributed by atoms with Crippen molar-refractivity contribution in [2.45, 2.75) is 51.7 Å². The van der Waals surface area contributed by atoms with E-state index in [-0.39, 0.29) is 31.0 Å². The van der Waals surface area contributed by atoms with Crippen molar-refractivity contribution in [2.24, 2.45) is 0 Å². The summed E-state index contributed by atoms with van der Waals surface area (Å²) >= 11 is 5.02. The number of carbonyl (C=O) groups is 2. The molecule has 0 saturated heterocycles. The SMILES string of the molecule is CC(C)(C)OC(=O)CCCOC(=O)C(Cc1c[nH]c(=S)[nH]1)[N+](C)(C)C. The maximum atomic E-state index is 12.5. The van der Waals surface area contributed by atoms with Gasteiger partial charge in [-0.2, -0.15) is 0 Å². The monoisotopic (exact) mass is 372 g/mol. The Labute approximate surface area is 154 Å². The molecule has 0 fully saturated rings. The minimum absolute atomic E-state index is 0.192. The number of nitrogens with one attached hydrogen (secondary N) is 2. The Morgan fingerprint density at radius 2 is 1.92 bits per heavy atom. The molecule has 8 heteroatoms. The number of rotatable bonds is 8. The maximum absolute atomic E-state index is 12.5. The first kappa shape index (κ1) is 21.4. The van der Waals surface area contributed by atoms with Crippen molar-refractivity contribution in [3.8, 4) is 0 Å². The van der Waals surface area contributed by atoms with Crippen molar-refractivity contribution in [1.29, 1.82) is 0 Å². The summed E-state index contributed by atoms with van der Waals surface area (Å²) in [6.07, 6.45) is 2.92. The lowest BCUT2D eigenvalue weighted by Gasteiger charge is -2.32. The molecule has 7 nitrogen and oxygen atoms in total. The van der Waals surface area contributed by atoms with Crippen LogP contribution in [0.3, 0.4) is 0 Å². The van der Waals surface area contributed by atoms with Crippen LogP contribution in [-0.4, -0.2) is 65.8 Å². The van der Waals surface area contributed by atoms with Gasteiger partial charge in [-0.3, -0.25) is 4.79 Å². The second kappa shape index (κ2) is 8.62. The predicted octanol–water partition coefficient (Wildman–Crippen LogP) is 2.35. The summed E-state index contributed by atoms with van der Waals surface area (Å²) in [5.74, 6) is -0.580. The third kappa shape index (κ3) is 8.31. The number of aromatic nitrogens is 2. The standard InChI is InChI=1S/C17H29N3O4S/c1-17(2,3)24-14(21)8-7-9-23-15(22)13(20(4,5)6)10-12-11-18-16(25)19-12/h11,13H,7-10H2,1-6H3,(H-,18,19,25)/p+1. The number of ether oxygens (including phenoxy) is 2. The third-order valence-electron chi connectivity index (χ3n) is 3.46. The highest BCUT2D eigenvalue weighted by molar-refractivity contribution is 7.71. The Morgan fingerprint density at radius 1 is 1.28 bits per heavy atom. The molecular formula is C17H30N3O4S+. The molecule has 1 rings (SSSR count). The zero-order valence-corrected chi connectivity index (χ0v) is 16.8. The lowest BCUT2D eigenvalue weighted by molar-refractivity contribution is -0.887. The fraction of sp³-hybridized carbons (Fsp3) is 0.706. The fourth-order valence-corrected chi connectivity index (χ4v) is 2.43. The molecule has 1 aromatic rings. The lowest BCUT2D eigenvalue weighted by atomic mass is 10.1. The first-order valence-electron chi connectivity index (χ1n) is 8.34. The van der Waals surface area contributed by atoms with Crippen LogP contribution in [0.4, 0.5) is 0 Å². The van der Waals surface area contributed by atoms with Crippen LogP contribution in [0, 0.1) is 4.77 Å². The average Bonchev–Trinajstić information content (AvgIpc) is 2.83. The number of imidazole rings is 1. The second-order valence-corrected chi connectivity index (χ2v) is 8.37. The Bertz CT molecular complexity index is 637. The predicted molar refractivity (Wildman–Crippen MR) is 97.5 cm³/mol. The normalized spacial score (nSPS) is 13.4. The topological polar surface area (TPSA) is 84.2 Å². The number of H-pyrrole nitrogens is 2. The van der Waals surface area contributed by atoms with Gasteiger partial charge in [0.1, 0.15) is 5.60 Å². The molecule has 0 aliphatic rings. The molecule has 0 spiro atoms.